The van der Waals surface area contributed by atoms with Crippen molar-refractivity contribution in [3.8, 4) is 5.75 Å². The van der Waals surface area contributed by atoms with E-state index in [0.717, 1.165) is 19.4 Å². The molecule has 1 fully saturated rings. The molecule has 1 aliphatic rings. The summed E-state index contributed by atoms with van der Waals surface area (Å²) >= 11 is 5.92. The maximum Gasteiger partial charge on any atom is 0.257 e. The summed E-state index contributed by atoms with van der Waals surface area (Å²) < 4.78 is 5.24. The number of aliphatic hydroxyl groups excluding tert-OH is 1. The molecule has 1 aliphatic heterocycles. The van der Waals surface area contributed by atoms with Crippen molar-refractivity contribution < 1.29 is 14.6 Å². The molecular formula is C15H21ClN2O3. The average Bonchev–Trinajstić information content (AvgIpc) is 2.99. The van der Waals surface area contributed by atoms with Gasteiger partial charge in [0, 0.05) is 24.2 Å². The highest BCUT2D eigenvalue weighted by molar-refractivity contribution is 6.30. The Kier molecular flexibility index (Phi) is 5.85. The fraction of sp³-hybridized carbons (Fsp3) is 0.533. The van der Waals surface area contributed by atoms with Crippen molar-refractivity contribution >= 4 is 17.5 Å². The number of carbonyl (C=O) groups is 1. The first kappa shape index (κ1) is 16.1. The Bertz CT molecular complexity index is 490. The second kappa shape index (κ2) is 7.64. The van der Waals surface area contributed by atoms with Crippen molar-refractivity contribution in [2.24, 2.45) is 0 Å². The monoisotopic (exact) mass is 312 g/mol. The minimum absolute atomic E-state index is 0.0611. The van der Waals surface area contributed by atoms with Crippen LogP contribution in [0.25, 0.3) is 0 Å². The highest BCUT2D eigenvalue weighted by atomic mass is 35.5. The molecule has 0 spiro atoms. The highest BCUT2D eigenvalue weighted by Crippen LogP contribution is 2.24. The number of hydrogen-bond acceptors (Lipinski definition) is 4. The Hall–Kier alpha value is -1.30. The third-order valence-electron chi connectivity index (χ3n) is 3.65. The van der Waals surface area contributed by atoms with E-state index in [4.69, 9.17) is 16.3 Å². The van der Waals surface area contributed by atoms with E-state index in [-0.39, 0.29) is 12.5 Å². The van der Waals surface area contributed by atoms with Gasteiger partial charge in [-0.05, 0) is 37.6 Å². The molecule has 2 rings (SSSR count). The van der Waals surface area contributed by atoms with Gasteiger partial charge in [-0.2, -0.15) is 0 Å². The summed E-state index contributed by atoms with van der Waals surface area (Å²) in [5, 5.41) is 13.1. The third-order valence-corrected chi connectivity index (χ3v) is 3.89. The zero-order chi connectivity index (χ0) is 15.2. The molecule has 0 aliphatic carbocycles. The standard InChI is InChI=1S/C15H21ClN2O3/c1-21-14-9-11(16)4-5-13(14)15(20)18(7-8-19)10-12-3-2-6-17-12/h4-5,9,12,17,19H,2-3,6-8,10H2,1H3. The molecule has 21 heavy (non-hydrogen) atoms. The van der Waals surface area contributed by atoms with E-state index in [1.54, 1.807) is 23.1 Å². The normalized spacial score (nSPS) is 17.8. The van der Waals surface area contributed by atoms with Crippen LogP contribution in [0.3, 0.4) is 0 Å². The van der Waals surface area contributed by atoms with E-state index in [0.29, 0.717) is 35.5 Å². The fourth-order valence-corrected chi connectivity index (χ4v) is 2.75. The zero-order valence-corrected chi connectivity index (χ0v) is 12.9. The third kappa shape index (κ3) is 4.09. The molecule has 5 nitrogen and oxygen atoms in total. The van der Waals surface area contributed by atoms with Crippen molar-refractivity contribution in [1.29, 1.82) is 0 Å². The quantitative estimate of drug-likeness (QED) is 0.836. The Balaban J connectivity index is 2.16. The Morgan fingerprint density at radius 3 is 3.00 bits per heavy atom. The smallest absolute Gasteiger partial charge is 0.257 e. The van der Waals surface area contributed by atoms with Gasteiger partial charge in [0.05, 0.1) is 19.3 Å². The minimum atomic E-state index is -0.147. The van der Waals surface area contributed by atoms with Crippen LogP contribution in [0.1, 0.15) is 23.2 Å². The van der Waals surface area contributed by atoms with Crippen molar-refractivity contribution in [1.82, 2.24) is 10.2 Å². The number of nitrogens with zero attached hydrogens (tertiary/aromatic N) is 1. The fourth-order valence-electron chi connectivity index (χ4n) is 2.59. The molecule has 1 atom stereocenters. The molecule has 1 aromatic rings. The predicted octanol–water partition coefficient (Wildman–Crippen LogP) is 1.54. The lowest BCUT2D eigenvalue weighted by molar-refractivity contribution is 0.0703. The van der Waals surface area contributed by atoms with Crippen LogP contribution in [0.4, 0.5) is 0 Å². The number of nitrogens with one attached hydrogen (secondary N) is 1. The van der Waals surface area contributed by atoms with Crippen molar-refractivity contribution in [3.63, 3.8) is 0 Å². The van der Waals surface area contributed by atoms with E-state index >= 15 is 0 Å². The van der Waals surface area contributed by atoms with Gasteiger partial charge in [0.15, 0.2) is 0 Å². The number of ether oxygens (including phenoxy) is 1. The molecule has 1 amide bonds. The minimum Gasteiger partial charge on any atom is -0.496 e. The van der Waals surface area contributed by atoms with E-state index < -0.39 is 0 Å². The van der Waals surface area contributed by atoms with Gasteiger partial charge in [-0.15, -0.1) is 0 Å². The van der Waals surface area contributed by atoms with Crippen molar-refractivity contribution in [3.05, 3.63) is 28.8 Å². The molecule has 1 aromatic carbocycles. The van der Waals surface area contributed by atoms with Crippen molar-refractivity contribution in [2.45, 2.75) is 18.9 Å². The highest BCUT2D eigenvalue weighted by Gasteiger charge is 2.24. The van der Waals surface area contributed by atoms with Crippen LogP contribution < -0.4 is 10.1 Å². The molecule has 6 heteroatoms. The number of carbonyl (C=O) groups excluding carboxylic acids is 1. The van der Waals surface area contributed by atoms with Crippen LogP contribution in [0.5, 0.6) is 5.75 Å². The first-order valence-corrected chi connectivity index (χ1v) is 7.50. The summed E-state index contributed by atoms with van der Waals surface area (Å²) in [5.41, 5.74) is 0.466. The van der Waals surface area contributed by atoms with Crippen LogP contribution in [-0.2, 0) is 0 Å². The second-order valence-electron chi connectivity index (χ2n) is 5.11. The van der Waals surface area contributed by atoms with E-state index in [2.05, 4.69) is 5.32 Å². The summed E-state index contributed by atoms with van der Waals surface area (Å²) in [7, 11) is 1.51. The summed E-state index contributed by atoms with van der Waals surface area (Å²) in [4.78, 5) is 14.3. The van der Waals surface area contributed by atoms with Gasteiger partial charge in [-0.25, -0.2) is 0 Å². The molecule has 1 heterocycles. The van der Waals surface area contributed by atoms with Gasteiger partial charge >= 0.3 is 0 Å². The van der Waals surface area contributed by atoms with E-state index in [1.807, 2.05) is 0 Å². The Morgan fingerprint density at radius 2 is 2.38 bits per heavy atom. The number of rotatable bonds is 6. The predicted molar refractivity (Wildman–Crippen MR) is 82.0 cm³/mol. The molecule has 0 bridgehead atoms. The molecule has 2 N–H and O–H groups in total. The van der Waals surface area contributed by atoms with Crippen LogP contribution >= 0.6 is 11.6 Å². The van der Waals surface area contributed by atoms with Crippen LogP contribution in [0.2, 0.25) is 5.02 Å². The molecule has 116 valence electrons. The number of halogens is 1. The summed E-state index contributed by atoms with van der Waals surface area (Å²) in [5.74, 6) is 0.307. The first-order valence-electron chi connectivity index (χ1n) is 7.12. The number of amides is 1. The largest absolute Gasteiger partial charge is 0.496 e. The number of hydrogen-bond donors (Lipinski definition) is 2. The lowest BCUT2D eigenvalue weighted by atomic mass is 10.1. The number of benzene rings is 1. The number of methoxy groups -OCH3 is 1. The van der Waals surface area contributed by atoms with E-state index in [1.165, 1.54) is 7.11 Å². The van der Waals surface area contributed by atoms with Gasteiger partial charge in [0.25, 0.3) is 5.91 Å². The maximum absolute atomic E-state index is 12.7. The average molecular weight is 313 g/mol. The molecule has 0 aromatic heterocycles. The van der Waals surface area contributed by atoms with Gasteiger partial charge in [-0.3, -0.25) is 4.79 Å². The Labute approximate surface area is 129 Å². The van der Waals surface area contributed by atoms with Gasteiger partial charge < -0.3 is 20.1 Å². The van der Waals surface area contributed by atoms with Crippen LogP contribution in [-0.4, -0.2) is 55.3 Å². The molecule has 1 saturated heterocycles. The lowest BCUT2D eigenvalue weighted by Gasteiger charge is -2.26. The zero-order valence-electron chi connectivity index (χ0n) is 12.1. The molecule has 1 unspecified atom stereocenters. The molecule has 0 saturated carbocycles. The lowest BCUT2D eigenvalue weighted by Crippen LogP contribution is -2.42. The first-order chi connectivity index (χ1) is 10.2. The number of aliphatic hydroxyl groups is 1. The topological polar surface area (TPSA) is 61.8 Å². The van der Waals surface area contributed by atoms with Gasteiger partial charge in [0.2, 0.25) is 0 Å². The van der Waals surface area contributed by atoms with Crippen LogP contribution in [0, 0.1) is 0 Å². The molecule has 0 radical (unpaired) electrons. The second-order valence-corrected chi connectivity index (χ2v) is 5.55. The van der Waals surface area contributed by atoms with E-state index in [9.17, 15) is 9.90 Å². The maximum atomic E-state index is 12.7. The summed E-state index contributed by atoms with van der Waals surface area (Å²) in [6.45, 7) is 1.82. The SMILES string of the molecule is COc1cc(Cl)ccc1C(=O)N(CCO)CC1CCCN1. The molecular weight excluding hydrogens is 292 g/mol. The summed E-state index contributed by atoms with van der Waals surface area (Å²) in [6.07, 6.45) is 2.17. The van der Waals surface area contributed by atoms with Crippen LogP contribution in [0.15, 0.2) is 18.2 Å². The van der Waals surface area contributed by atoms with Crippen molar-refractivity contribution in [2.75, 3.05) is 33.4 Å². The van der Waals surface area contributed by atoms with Gasteiger partial charge in [0.1, 0.15) is 5.75 Å². The Morgan fingerprint density at radius 1 is 1.57 bits per heavy atom. The summed E-state index contributed by atoms with van der Waals surface area (Å²) in [6, 6.07) is 5.25. The van der Waals surface area contributed by atoms with Gasteiger partial charge in [-0.1, -0.05) is 11.6 Å².